The fraction of sp³-hybridized carbons (Fsp3) is 0.125. The second kappa shape index (κ2) is 6.52. The lowest BCUT2D eigenvalue weighted by Crippen LogP contribution is -2.16. The van der Waals surface area contributed by atoms with Gasteiger partial charge in [-0.05, 0) is 25.1 Å². The van der Waals surface area contributed by atoms with Gasteiger partial charge in [0, 0.05) is 30.3 Å². The third-order valence-electron chi connectivity index (χ3n) is 3.53. The van der Waals surface area contributed by atoms with Crippen LogP contribution in [-0.4, -0.2) is 15.4 Å². The van der Waals surface area contributed by atoms with Gasteiger partial charge >= 0.3 is 0 Å². The number of thiazole rings is 1. The van der Waals surface area contributed by atoms with E-state index in [1.165, 1.54) is 34.9 Å². The lowest BCUT2D eigenvalue weighted by molar-refractivity contribution is -0.384. The van der Waals surface area contributed by atoms with Crippen molar-refractivity contribution in [3.8, 4) is 0 Å². The minimum Gasteiger partial charge on any atom is -0.314 e. The molecular weight excluding hydrogens is 352 g/mol. The molecule has 3 rings (SSSR count). The fourth-order valence-corrected chi connectivity index (χ4v) is 3.52. The number of nitro benzene ring substituents is 1. The smallest absolute Gasteiger partial charge is 0.279 e. The monoisotopic (exact) mass is 363 g/mol. The van der Waals surface area contributed by atoms with E-state index in [9.17, 15) is 23.7 Å². The molecule has 25 heavy (non-hydrogen) atoms. The van der Waals surface area contributed by atoms with Crippen molar-refractivity contribution in [2.75, 3.05) is 0 Å². The Bertz CT molecular complexity index is 1050. The molecule has 2 aromatic carbocycles. The number of nitrogens with zero attached hydrogens (tertiary/aromatic N) is 3. The number of nitro groups is 1. The van der Waals surface area contributed by atoms with Gasteiger partial charge in [-0.3, -0.25) is 14.9 Å². The number of amides is 1. The fourth-order valence-electron chi connectivity index (χ4n) is 2.38. The summed E-state index contributed by atoms with van der Waals surface area (Å²) >= 11 is 0.995. The quantitative estimate of drug-likeness (QED) is 0.526. The van der Waals surface area contributed by atoms with Gasteiger partial charge in [0.1, 0.15) is 5.82 Å². The summed E-state index contributed by atoms with van der Waals surface area (Å²) in [6, 6.07) is 6.97. The number of aromatic nitrogens is 1. The normalized spacial score (nSPS) is 11.9. The first-order valence-corrected chi connectivity index (χ1v) is 8.04. The Balaban J connectivity index is 2.10. The SMILES string of the molecule is CCn1c(=NC(=O)c2ccc([N+](=O)[O-])cc2)sc2cc(F)cc(F)c21. The van der Waals surface area contributed by atoms with E-state index >= 15 is 0 Å². The summed E-state index contributed by atoms with van der Waals surface area (Å²) in [6.07, 6.45) is 0. The predicted molar refractivity (Wildman–Crippen MR) is 88.4 cm³/mol. The molecule has 0 aliphatic heterocycles. The highest BCUT2D eigenvalue weighted by molar-refractivity contribution is 7.16. The Hall–Kier alpha value is -2.94. The van der Waals surface area contributed by atoms with Crippen LogP contribution in [0.4, 0.5) is 14.5 Å². The molecule has 0 unspecified atom stereocenters. The molecule has 0 fully saturated rings. The summed E-state index contributed by atoms with van der Waals surface area (Å²) in [5, 5.41) is 10.6. The summed E-state index contributed by atoms with van der Waals surface area (Å²) in [4.78, 5) is 26.5. The lowest BCUT2D eigenvalue weighted by atomic mass is 10.2. The second-order valence-electron chi connectivity index (χ2n) is 5.08. The number of hydrogen-bond acceptors (Lipinski definition) is 4. The van der Waals surface area contributed by atoms with Gasteiger partial charge in [-0.2, -0.15) is 4.99 Å². The Labute approximate surface area is 143 Å². The van der Waals surface area contributed by atoms with E-state index in [2.05, 4.69) is 4.99 Å². The van der Waals surface area contributed by atoms with Crippen LogP contribution >= 0.6 is 11.3 Å². The Morgan fingerprint density at radius 1 is 1.28 bits per heavy atom. The molecule has 1 amide bonds. The number of halogens is 2. The van der Waals surface area contributed by atoms with Crippen LogP contribution in [0.3, 0.4) is 0 Å². The first kappa shape index (κ1) is 16.9. The lowest BCUT2D eigenvalue weighted by Gasteiger charge is -2.01. The zero-order chi connectivity index (χ0) is 18.1. The molecule has 0 aliphatic carbocycles. The summed E-state index contributed by atoms with van der Waals surface area (Å²) in [6.45, 7) is 2.10. The van der Waals surface area contributed by atoms with E-state index in [-0.39, 0.29) is 21.6 Å². The molecular formula is C16H11F2N3O3S. The van der Waals surface area contributed by atoms with Gasteiger partial charge in [0.2, 0.25) is 0 Å². The number of carbonyl (C=O) groups excluding carboxylic acids is 1. The van der Waals surface area contributed by atoms with Crippen molar-refractivity contribution in [1.82, 2.24) is 4.57 Å². The van der Waals surface area contributed by atoms with Crippen molar-refractivity contribution >= 4 is 33.1 Å². The Morgan fingerprint density at radius 2 is 1.96 bits per heavy atom. The van der Waals surface area contributed by atoms with Crippen molar-refractivity contribution in [2.45, 2.75) is 13.5 Å². The van der Waals surface area contributed by atoms with E-state index in [0.29, 0.717) is 11.2 Å². The number of non-ortho nitro benzene ring substituents is 1. The molecule has 0 aliphatic rings. The molecule has 0 saturated heterocycles. The number of rotatable bonds is 3. The van der Waals surface area contributed by atoms with Gasteiger partial charge in [0.15, 0.2) is 10.6 Å². The van der Waals surface area contributed by atoms with Gasteiger partial charge in [-0.25, -0.2) is 8.78 Å². The third kappa shape index (κ3) is 3.18. The van der Waals surface area contributed by atoms with Crippen LogP contribution in [0.2, 0.25) is 0 Å². The van der Waals surface area contributed by atoms with Crippen molar-refractivity contribution in [3.63, 3.8) is 0 Å². The largest absolute Gasteiger partial charge is 0.314 e. The molecule has 6 nitrogen and oxygen atoms in total. The minimum absolute atomic E-state index is 0.139. The maximum atomic E-state index is 14.0. The number of benzene rings is 2. The van der Waals surface area contributed by atoms with Gasteiger partial charge in [0.25, 0.3) is 11.6 Å². The van der Waals surface area contributed by atoms with Gasteiger partial charge in [-0.15, -0.1) is 0 Å². The van der Waals surface area contributed by atoms with E-state index < -0.39 is 22.5 Å². The maximum Gasteiger partial charge on any atom is 0.279 e. The zero-order valence-corrected chi connectivity index (χ0v) is 13.7. The average molecular weight is 363 g/mol. The van der Waals surface area contributed by atoms with E-state index in [4.69, 9.17) is 0 Å². The molecule has 1 aromatic heterocycles. The van der Waals surface area contributed by atoms with Crippen LogP contribution in [-0.2, 0) is 6.54 Å². The Kier molecular flexibility index (Phi) is 4.41. The van der Waals surface area contributed by atoms with Crippen molar-refractivity contribution in [3.05, 3.63) is 68.5 Å². The van der Waals surface area contributed by atoms with Crippen LogP contribution in [0, 0.1) is 21.7 Å². The van der Waals surface area contributed by atoms with E-state index in [1.54, 1.807) is 6.92 Å². The van der Waals surface area contributed by atoms with Crippen LogP contribution in [0.15, 0.2) is 41.4 Å². The summed E-state index contributed by atoms with van der Waals surface area (Å²) < 4.78 is 29.2. The topological polar surface area (TPSA) is 77.5 Å². The first-order chi connectivity index (χ1) is 11.9. The van der Waals surface area contributed by atoms with Crippen LogP contribution < -0.4 is 4.80 Å². The zero-order valence-electron chi connectivity index (χ0n) is 12.9. The summed E-state index contributed by atoms with van der Waals surface area (Å²) in [5.41, 5.74) is 0.209. The highest BCUT2D eigenvalue weighted by Gasteiger charge is 2.14. The molecule has 0 spiro atoms. The highest BCUT2D eigenvalue weighted by atomic mass is 32.1. The minimum atomic E-state index is -0.725. The molecule has 0 atom stereocenters. The summed E-state index contributed by atoms with van der Waals surface area (Å²) in [5.74, 6) is -2.05. The number of aryl methyl sites for hydroxylation is 1. The molecule has 0 radical (unpaired) electrons. The van der Waals surface area contributed by atoms with Gasteiger partial charge < -0.3 is 4.57 Å². The molecule has 0 N–H and O–H groups in total. The maximum absolute atomic E-state index is 14.0. The third-order valence-corrected chi connectivity index (χ3v) is 4.56. The van der Waals surface area contributed by atoms with Crippen molar-refractivity contribution in [2.24, 2.45) is 4.99 Å². The van der Waals surface area contributed by atoms with E-state index in [0.717, 1.165) is 17.4 Å². The van der Waals surface area contributed by atoms with Crippen LogP contribution in [0.1, 0.15) is 17.3 Å². The molecule has 1 heterocycles. The number of fused-ring (bicyclic) bond motifs is 1. The number of carbonyl (C=O) groups is 1. The second-order valence-corrected chi connectivity index (χ2v) is 6.09. The van der Waals surface area contributed by atoms with Gasteiger partial charge in [0.05, 0.1) is 15.1 Å². The first-order valence-electron chi connectivity index (χ1n) is 7.22. The van der Waals surface area contributed by atoms with Crippen LogP contribution in [0.25, 0.3) is 10.2 Å². The van der Waals surface area contributed by atoms with Crippen LogP contribution in [0.5, 0.6) is 0 Å². The molecule has 3 aromatic rings. The highest BCUT2D eigenvalue weighted by Crippen LogP contribution is 2.22. The molecule has 9 heteroatoms. The van der Waals surface area contributed by atoms with Crippen molar-refractivity contribution < 1.29 is 18.5 Å². The van der Waals surface area contributed by atoms with Crippen molar-refractivity contribution in [1.29, 1.82) is 0 Å². The standard InChI is InChI=1S/C16H11F2N3O3S/c1-2-20-14-12(18)7-10(17)8-13(14)25-16(20)19-15(22)9-3-5-11(6-4-9)21(23)24/h3-8H,2H2,1H3. The predicted octanol–water partition coefficient (Wildman–Crippen LogP) is 3.65. The number of hydrogen-bond donors (Lipinski definition) is 0. The molecule has 128 valence electrons. The molecule has 0 bridgehead atoms. The molecule has 0 saturated carbocycles. The summed E-state index contributed by atoms with van der Waals surface area (Å²) in [7, 11) is 0. The van der Waals surface area contributed by atoms with Gasteiger partial charge in [-0.1, -0.05) is 11.3 Å². The Morgan fingerprint density at radius 3 is 2.56 bits per heavy atom. The van der Waals surface area contributed by atoms with E-state index in [1.807, 2.05) is 0 Å². The average Bonchev–Trinajstić information content (AvgIpc) is 2.91.